The highest BCUT2D eigenvalue weighted by Gasteiger charge is 2.40. The first kappa shape index (κ1) is 57.0. The summed E-state index contributed by atoms with van der Waals surface area (Å²) in [6.07, 6.45) is -0.0798. The van der Waals surface area contributed by atoms with Crippen LogP contribution in [0, 0.1) is 0 Å². The molecule has 74 heavy (non-hydrogen) atoms. The molecule has 8 atom stereocenters. The van der Waals surface area contributed by atoms with Gasteiger partial charge in [0, 0.05) is 42.9 Å². The minimum atomic E-state index is -1.83. The SMILES string of the molecule is C[C@@H](O)[C@H](NC(=O)[C@H](Cc1c[nH]c2ccccc12)NC(=O)[C@@H]1CCCN1C(=O)[C@H](CO)NC(=O)[C@@H](N)Cc1ccc(O)cc1)C(=O)N[C@@H](CC(N)=O)C(=O)N[C@@H](Cc1ccccc1)C(=O)OCCCCC(=O)ON. The molecule has 5 rings (SSSR count). The Morgan fingerprint density at radius 2 is 1.41 bits per heavy atom. The number of rotatable bonds is 27. The molecule has 0 radical (unpaired) electrons. The number of fused-ring (bicyclic) bond motifs is 1. The molecule has 2 heterocycles. The summed E-state index contributed by atoms with van der Waals surface area (Å²) in [5.74, 6) is -3.22. The summed E-state index contributed by atoms with van der Waals surface area (Å²) in [6, 6.07) is 11.4. The number of primary amides is 1. The van der Waals surface area contributed by atoms with Gasteiger partial charge in [-0.3, -0.25) is 38.4 Å². The molecule has 15 N–H and O–H groups in total. The average Bonchev–Trinajstić information content (AvgIpc) is 4.05. The van der Waals surface area contributed by atoms with Crippen LogP contribution in [0.3, 0.4) is 0 Å². The third-order valence-corrected chi connectivity index (χ3v) is 12.2. The van der Waals surface area contributed by atoms with Crippen LogP contribution in [0.25, 0.3) is 10.9 Å². The second kappa shape index (κ2) is 27.8. The standard InChI is InChI=1S/C50H64N10O14/c1-28(62)43(48(70)56-37(25-41(52)64)45(67)57-38(23-29-10-3-2-4-11-29)50(72)73-21-8-7-15-42(65)74-53)59-46(68)36(24-31-26-54-35-13-6-5-12-33(31)35)55-47(69)40-14-9-20-60(40)49(71)39(27-61)58-44(66)34(51)22-30-16-18-32(63)19-17-30/h2-6,10-13,16-19,26,28,34,36-40,43,54,61-63H,7-9,14-15,20-25,27,51,53H2,1H3,(H2,52,64)(H,55,69)(H,56,70)(H,57,67)(H,58,66)(H,59,68)/t28-,34+,36+,37+,38+,39+,40+,43+/m1/s1. The minimum Gasteiger partial charge on any atom is -0.508 e. The summed E-state index contributed by atoms with van der Waals surface area (Å²) < 4.78 is 5.38. The summed E-state index contributed by atoms with van der Waals surface area (Å²) in [5, 5.41) is 43.9. The van der Waals surface area contributed by atoms with Crippen LogP contribution in [0.2, 0.25) is 0 Å². The van der Waals surface area contributed by atoms with Crippen LogP contribution in [-0.4, -0.2) is 147 Å². The number of aliphatic hydroxyl groups is 2. The number of nitrogens with one attached hydrogen (secondary N) is 6. The number of nitrogens with two attached hydrogens (primary N) is 3. The topological polar surface area (TPSA) is 390 Å². The van der Waals surface area contributed by atoms with Gasteiger partial charge in [-0.25, -0.2) is 4.79 Å². The number of amides is 7. The Labute approximate surface area is 425 Å². The van der Waals surface area contributed by atoms with E-state index in [1.807, 2.05) is 0 Å². The van der Waals surface area contributed by atoms with Gasteiger partial charge in [-0.15, -0.1) is 0 Å². The lowest BCUT2D eigenvalue weighted by atomic mass is 10.0. The Morgan fingerprint density at radius 3 is 2.08 bits per heavy atom. The van der Waals surface area contributed by atoms with Crippen molar-refractivity contribution in [2.75, 3.05) is 19.8 Å². The fraction of sp³-hybridized carbons (Fsp3) is 0.420. The van der Waals surface area contributed by atoms with Gasteiger partial charge in [0.1, 0.15) is 42.0 Å². The van der Waals surface area contributed by atoms with Crippen molar-refractivity contribution in [2.45, 2.75) is 113 Å². The molecule has 398 valence electrons. The first-order valence-corrected chi connectivity index (χ1v) is 24.0. The maximum absolute atomic E-state index is 14.4. The zero-order valence-corrected chi connectivity index (χ0v) is 40.7. The van der Waals surface area contributed by atoms with Crippen molar-refractivity contribution in [3.05, 3.63) is 102 Å². The normalized spacial score (nSPS) is 16.0. The Bertz CT molecular complexity index is 2590. The monoisotopic (exact) mass is 1030 g/mol. The predicted molar refractivity (Wildman–Crippen MR) is 264 cm³/mol. The maximum atomic E-state index is 14.4. The van der Waals surface area contributed by atoms with E-state index in [0.29, 0.717) is 34.0 Å². The third kappa shape index (κ3) is 16.6. The predicted octanol–water partition coefficient (Wildman–Crippen LogP) is -1.98. The average molecular weight is 1030 g/mol. The number of phenolic OH excluding ortho intramolecular Hbond substituents is 1. The van der Waals surface area contributed by atoms with E-state index in [1.165, 1.54) is 24.0 Å². The van der Waals surface area contributed by atoms with Crippen molar-refractivity contribution < 1.29 is 68.0 Å². The molecule has 0 spiro atoms. The van der Waals surface area contributed by atoms with Crippen molar-refractivity contribution in [1.29, 1.82) is 0 Å². The van der Waals surface area contributed by atoms with Crippen LogP contribution in [0.5, 0.6) is 5.75 Å². The number of aromatic hydroxyl groups is 1. The largest absolute Gasteiger partial charge is 0.508 e. The number of nitrogens with zero attached hydrogens (tertiary/aromatic N) is 1. The van der Waals surface area contributed by atoms with Crippen LogP contribution in [0.15, 0.2) is 85.1 Å². The molecule has 3 aromatic carbocycles. The van der Waals surface area contributed by atoms with Crippen LogP contribution in [0.1, 0.15) is 62.1 Å². The fourth-order valence-electron chi connectivity index (χ4n) is 8.29. The number of benzene rings is 3. The summed E-state index contributed by atoms with van der Waals surface area (Å²) >= 11 is 0. The number of carbonyl (C=O) groups excluding carboxylic acids is 9. The number of esters is 1. The molecule has 1 aliphatic rings. The Balaban J connectivity index is 1.31. The minimum absolute atomic E-state index is 0.0165. The number of carbonyl (C=O) groups is 9. The molecular formula is C50H64N10O14. The van der Waals surface area contributed by atoms with Gasteiger partial charge in [0.25, 0.3) is 0 Å². The Hall–Kier alpha value is -7.93. The number of aromatic nitrogens is 1. The van der Waals surface area contributed by atoms with Crippen molar-refractivity contribution in [3.8, 4) is 5.75 Å². The highest BCUT2D eigenvalue weighted by Crippen LogP contribution is 2.22. The fourth-order valence-corrected chi connectivity index (χ4v) is 8.29. The number of para-hydroxylation sites is 1. The van der Waals surface area contributed by atoms with Gasteiger partial charge in [-0.1, -0.05) is 60.7 Å². The maximum Gasteiger partial charge on any atom is 0.328 e. The number of aliphatic hydroxyl groups excluding tert-OH is 2. The molecule has 0 bridgehead atoms. The zero-order valence-electron chi connectivity index (χ0n) is 40.7. The number of likely N-dealkylation sites (tertiary alicyclic amines) is 1. The molecule has 1 aliphatic heterocycles. The highest BCUT2D eigenvalue weighted by atomic mass is 16.7. The first-order valence-electron chi connectivity index (χ1n) is 24.0. The molecule has 0 saturated carbocycles. The molecule has 0 unspecified atom stereocenters. The van der Waals surface area contributed by atoms with E-state index in [0.717, 1.165) is 0 Å². The van der Waals surface area contributed by atoms with E-state index in [-0.39, 0.29) is 63.8 Å². The third-order valence-electron chi connectivity index (χ3n) is 12.2. The van der Waals surface area contributed by atoms with Crippen molar-refractivity contribution in [2.24, 2.45) is 17.4 Å². The molecule has 1 fully saturated rings. The van der Waals surface area contributed by atoms with Gasteiger partial charge >= 0.3 is 11.9 Å². The number of ether oxygens (including phenoxy) is 1. The molecule has 1 saturated heterocycles. The molecule has 24 heteroatoms. The lowest BCUT2D eigenvalue weighted by Crippen LogP contribution is -2.62. The number of hydrogen-bond acceptors (Lipinski definition) is 16. The van der Waals surface area contributed by atoms with E-state index in [1.54, 1.807) is 72.9 Å². The first-order chi connectivity index (χ1) is 35.4. The van der Waals surface area contributed by atoms with Crippen LogP contribution < -0.4 is 43.9 Å². The summed E-state index contributed by atoms with van der Waals surface area (Å²) in [5.41, 5.74) is 14.1. The van der Waals surface area contributed by atoms with E-state index in [2.05, 4.69) is 36.4 Å². The second-order valence-electron chi connectivity index (χ2n) is 17.9. The van der Waals surface area contributed by atoms with Crippen molar-refractivity contribution in [1.82, 2.24) is 36.5 Å². The quantitative estimate of drug-likeness (QED) is 0.0175. The van der Waals surface area contributed by atoms with Gasteiger partial charge in [0.15, 0.2) is 0 Å². The van der Waals surface area contributed by atoms with Crippen molar-refractivity contribution in [3.63, 3.8) is 0 Å². The number of aromatic amines is 1. The van der Waals surface area contributed by atoms with Gasteiger partial charge in [-0.2, -0.15) is 5.90 Å². The van der Waals surface area contributed by atoms with Crippen LogP contribution >= 0.6 is 0 Å². The van der Waals surface area contributed by atoms with E-state index in [9.17, 15) is 58.5 Å². The van der Waals surface area contributed by atoms with Crippen LogP contribution in [0.4, 0.5) is 0 Å². The second-order valence-corrected chi connectivity index (χ2v) is 17.9. The van der Waals surface area contributed by atoms with Gasteiger partial charge < -0.3 is 72.8 Å². The molecule has 7 amide bonds. The van der Waals surface area contributed by atoms with E-state index in [4.69, 9.17) is 22.1 Å². The summed E-state index contributed by atoms with van der Waals surface area (Å²) in [7, 11) is 0. The summed E-state index contributed by atoms with van der Waals surface area (Å²) in [4.78, 5) is 129. The van der Waals surface area contributed by atoms with Crippen molar-refractivity contribution >= 4 is 64.2 Å². The van der Waals surface area contributed by atoms with Crippen LogP contribution in [-0.2, 0) is 72.0 Å². The van der Waals surface area contributed by atoms with E-state index >= 15 is 0 Å². The smallest absolute Gasteiger partial charge is 0.328 e. The molecule has 4 aromatic rings. The Morgan fingerprint density at radius 1 is 0.757 bits per heavy atom. The highest BCUT2D eigenvalue weighted by molar-refractivity contribution is 5.99. The molecule has 24 nitrogen and oxygen atoms in total. The summed E-state index contributed by atoms with van der Waals surface area (Å²) in [6.45, 7) is 0.244. The molecule has 0 aliphatic carbocycles. The zero-order chi connectivity index (χ0) is 53.9. The number of unbranched alkanes of at least 4 members (excludes halogenated alkanes) is 1. The lowest BCUT2D eigenvalue weighted by Gasteiger charge is -2.30. The lowest BCUT2D eigenvalue weighted by molar-refractivity contribution is -0.148. The molecular weight excluding hydrogens is 965 g/mol. The van der Waals surface area contributed by atoms with Gasteiger partial charge in [-0.05, 0) is 73.9 Å². The molecule has 1 aromatic heterocycles. The Kier molecular flexibility index (Phi) is 21.4. The number of hydrogen-bond donors (Lipinski definition) is 12. The number of H-pyrrole nitrogens is 1. The van der Waals surface area contributed by atoms with Gasteiger partial charge in [0.2, 0.25) is 41.4 Å². The van der Waals surface area contributed by atoms with Gasteiger partial charge in [0.05, 0.1) is 31.8 Å². The number of phenols is 1. The van der Waals surface area contributed by atoms with E-state index < -0.39 is 115 Å².